The van der Waals surface area contributed by atoms with Crippen LogP contribution >= 0.6 is 11.6 Å². The Morgan fingerprint density at radius 1 is 1.20 bits per heavy atom. The molecule has 7 heteroatoms. The van der Waals surface area contributed by atoms with Crippen LogP contribution in [-0.4, -0.2) is 34.2 Å². The summed E-state index contributed by atoms with van der Waals surface area (Å²) in [4.78, 5) is 40.6. The third-order valence-electron chi connectivity index (χ3n) is 5.68. The maximum atomic E-state index is 13.3. The molecule has 0 bridgehead atoms. The average Bonchev–Trinajstić information content (AvgIpc) is 3.05. The lowest BCUT2D eigenvalue weighted by atomic mass is 9.76. The van der Waals surface area contributed by atoms with E-state index in [0.717, 1.165) is 0 Å². The first-order chi connectivity index (χ1) is 11.6. The highest BCUT2D eigenvalue weighted by atomic mass is 35.5. The number of rotatable bonds is 0. The number of hydrogen-bond acceptors (Lipinski definition) is 3. The van der Waals surface area contributed by atoms with Gasteiger partial charge in [0.1, 0.15) is 11.8 Å². The van der Waals surface area contributed by atoms with Crippen molar-refractivity contribution in [3.05, 3.63) is 28.8 Å². The molecular formula is C18H21ClN3O3+. The second kappa shape index (κ2) is 4.83. The first kappa shape index (κ1) is 16.5. The van der Waals surface area contributed by atoms with Crippen molar-refractivity contribution in [2.45, 2.75) is 44.8 Å². The van der Waals surface area contributed by atoms with E-state index >= 15 is 0 Å². The van der Waals surface area contributed by atoms with Gasteiger partial charge in [0.15, 0.2) is 0 Å². The minimum Gasteiger partial charge on any atom is -0.326 e. The smallest absolute Gasteiger partial charge is 0.291 e. The fourth-order valence-electron chi connectivity index (χ4n) is 4.79. The summed E-state index contributed by atoms with van der Waals surface area (Å²) in [6, 6.07) is 5.13. The molecule has 25 heavy (non-hydrogen) atoms. The van der Waals surface area contributed by atoms with E-state index in [1.165, 1.54) is 4.90 Å². The summed E-state index contributed by atoms with van der Waals surface area (Å²) < 4.78 is 0. The molecule has 1 aromatic rings. The largest absolute Gasteiger partial charge is 0.326 e. The van der Waals surface area contributed by atoms with Gasteiger partial charge in [0.25, 0.3) is 5.91 Å². The minimum absolute atomic E-state index is 0.176. The number of amides is 3. The number of likely N-dealkylation sites (tertiary alicyclic amines) is 1. The molecule has 3 N–H and O–H groups in total. The molecule has 1 spiro atoms. The van der Waals surface area contributed by atoms with E-state index in [0.29, 0.717) is 16.3 Å². The Kier molecular flexibility index (Phi) is 3.19. The van der Waals surface area contributed by atoms with Crippen molar-refractivity contribution in [1.29, 1.82) is 0 Å². The van der Waals surface area contributed by atoms with E-state index < -0.39 is 22.9 Å². The van der Waals surface area contributed by atoms with Crippen LogP contribution in [0.1, 0.15) is 33.3 Å². The number of halogens is 1. The SMILES string of the molecule is C[C@H]1[NH2+][C@@]2(C(=O)Nc3c(Cl)cccc32)[C@@H]2C(=O)N(C(C)(C)C)C(=O)[C@@H]21. The summed E-state index contributed by atoms with van der Waals surface area (Å²) in [6.07, 6.45) is 0. The Hall–Kier alpha value is -1.92. The van der Waals surface area contributed by atoms with E-state index in [-0.39, 0.29) is 23.8 Å². The van der Waals surface area contributed by atoms with E-state index in [9.17, 15) is 14.4 Å². The zero-order valence-electron chi connectivity index (χ0n) is 14.6. The Labute approximate surface area is 150 Å². The number of benzene rings is 1. The van der Waals surface area contributed by atoms with Crippen LogP contribution in [0, 0.1) is 11.8 Å². The molecule has 4 rings (SSSR count). The fourth-order valence-corrected chi connectivity index (χ4v) is 5.01. The third kappa shape index (κ3) is 1.87. The quantitative estimate of drug-likeness (QED) is 0.671. The first-order valence-corrected chi connectivity index (χ1v) is 8.83. The number of fused-ring (bicyclic) bond motifs is 4. The van der Waals surface area contributed by atoms with E-state index in [4.69, 9.17) is 11.6 Å². The molecular weight excluding hydrogens is 342 g/mol. The Bertz CT molecular complexity index is 831. The minimum atomic E-state index is -1.13. The monoisotopic (exact) mass is 362 g/mol. The van der Waals surface area contributed by atoms with Gasteiger partial charge in [-0.25, -0.2) is 0 Å². The molecule has 0 aliphatic carbocycles. The number of hydrogen-bond donors (Lipinski definition) is 2. The zero-order chi connectivity index (χ0) is 18.3. The molecule has 6 nitrogen and oxygen atoms in total. The number of nitrogens with one attached hydrogen (secondary N) is 1. The lowest BCUT2D eigenvalue weighted by molar-refractivity contribution is -0.730. The van der Waals surface area contributed by atoms with Crippen molar-refractivity contribution in [3.8, 4) is 0 Å². The second-order valence-electron chi connectivity index (χ2n) is 8.20. The summed E-state index contributed by atoms with van der Waals surface area (Å²) in [7, 11) is 0. The number of para-hydroxylation sites is 1. The van der Waals surface area contributed by atoms with E-state index in [1.807, 2.05) is 39.1 Å². The highest BCUT2D eigenvalue weighted by Crippen LogP contribution is 2.51. The molecule has 3 amide bonds. The fraction of sp³-hybridized carbons (Fsp3) is 0.500. The van der Waals surface area contributed by atoms with Gasteiger partial charge in [-0.3, -0.25) is 19.3 Å². The molecule has 3 heterocycles. The molecule has 0 radical (unpaired) electrons. The van der Waals surface area contributed by atoms with Crippen LogP contribution in [0.3, 0.4) is 0 Å². The molecule has 0 aromatic heterocycles. The normalized spacial score (nSPS) is 33.9. The Morgan fingerprint density at radius 2 is 1.88 bits per heavy atom. The van der Waals surface area contributed by atoms with Crippen LogP contribution in [0.15, 0.2) is 18.2 Å². The van der Waals surface area contributed by atoms with Crippen LogP contribution < -0.4 is 10.6 Å². The lowest BCUT2D eigenvalue weighted by Crippen LogP contribution is -2.98. The van der Waals surface area contributed by atoms with Gasteiger partial charge in [0, 0.05) is 11.1 Å². The van der Waals surface area contributed by atoms with Gasteiger partial charge in [-0.05, 0) is 39.8 Å². The van der Waals surface area contributed by atoms with Crippen molar-refractivity contribution >= 4 is 35.0 Å². The summed E-state index contributed by atoms with van der Waals surface area (Å²) >= 11 is 6.25. The van der Waals surface area contributed by atoms with Gasteiger partial charge < -0.3 is 10.6 Å². The number of carbonyl (C=O) groups excluding carboxylic acids is 3. The number of imide groups is 1. The summed E-state index contributed by atoms with van der Waals surface area (Å²) in [5.74, 6) is -1.96. The molecule has 1 aromatic carbocycles. The van der Waals surface area contributed by atoms with Crippen LogP contribution in [0.5, 0.6) is 0 Å². The van der Waals surface area contributed by atoms with Crippen LogP contribution in [0.2, 0.25) is 5.02 Å². The molecule has 4 atom stereocenters. The van der Waals surface area contributed by atoms with Gasteiger partial charge in [-0.1, -0.05) is 17.7 Å². The highest BCUT2D eigenvalue weighted by Gasteiger charge is 2.74. The van der Waals surface area contributed by atoms with Crippen molar-refractivity contribution in [2.24, 2.45) is 11.8 Å². The molecule has 3 aliphatic heterocycles. The van der Waals surface area contributed by atoms with E-state index in [1.54, 1.807) is 12.1 Å². The second-order valence-corrected chi connectivity index (χ2v) is 8.60. The molecule has 2 saturated heterocycles. The predicted octanol–water partition coefficient (Wildman–Crippen LogP) is 0.853. The topological polar surface area (TPSA) is 83.1 Å². The maximum absolute atomic E-state index is 13.3. The van der Waals surface area contributed by atoms with Gasteiger partial charge >= 0.3 is 0 Å². The Balaban J connectivity index is 1.93. The van der Waals surface area contributed by atoms with Crippen molar-refractivity contribution in [1.82, 2.24) is 4.90 Å². The van der Waals surface area contributed by atoms with Crippen molar-refractivity contribution in [3.63, 3.8) is 0 Å². The van der Waals surface area contributed by atoms with Gasteiger partial charge in [-0.2, -0.15) is 0 Å². The summed E-state index contributed by atoms with van der Waals surface area (Å²) in [5, 5.41) is 5.15. The number of quaternary nitrogens is 1. The van der Waals surface area contributed by atoms with Gasteiger partial charge in [0.2, 0.25) is 17.4 Å². The molecule has 0 unspecified atom stereocenters. The molecule has 132 valence electrons. The molecule has 3 aliphatic rings. The standard InChI is InChI=1S/C18H20ClN3O3/c1-8-11-12(15(24)22(14(11)23)17(2,3)4)18(21-8)9-6-5-7-10(19)13(9)20-16(18)25/h5-8,11-12,21H,1-4H3,(H,20,25)/p+1/t8-,11-,12+,18-/m1/s1. The number of nitrogens with zero attached hydrogens (tertiary/aromatic N) is 1. The number of carbonyl (C=O) groups is 3. The van der Waals surface area contributed by atoms with Crippen LogP contribution in [0.4, 0.5) is 5.69 Å². The number of nitrogens with two attached hydrogens (primary N) is 1. The lowest BCUT2D eigenvalue weighted by Gasteiger charge is -2.33. The van der Waals surface area contributed by atoms with Crippen LogP contribution in [-0.2, 0) is 19.9 Å². The molecule has 2 fully saturated rings. The van der Waals surface area contributed by atoms with Crippen LogP contribution in [0.25, 0.3) is 0 Å². The summed E-state index contributed by atoms with van der Waals surface area (Å²) in [6.45, 7) is 7.42. The zero-order valence-corrected chi connectivity index (χ0v) is 15.3. The maximum Gasteiger partial charge on any atom is 0.291 e. The Morgan fingerprint density at radius 3 is 2.52 bits per heavy atom. The molecule has 0 saturated carbocycles. The van der Waals surface area contributed by atoms with Gasteiger partial charge in [0.05, 0.1) is 16.8 Å². The van der Waals surface area contributed by atoms with Crippen molar-refractivity contribution < 1.29 is 19.7 Å². The van der Waals surface area contributed by atoms with Crippen molar-refractivity contribution in [2.75, 3.05) is 5.32 Å². The van der Waals surface area contributed by atoms with Gasteiger partial charge in [-0.15, -0.1) is 0 Å². The highest BCUT2D eigenvalue weighted by molar-refractivity contribution is 6.35. The number of anilines is 1. The average molecular weight is 363 g/mol. The third-order valence-corrected chi connectivity index (χ3v) is 5.99. The first-order valence-electron chi connectivity index (χ1n) is 8.45. The van der Waals surface area contributed by atoms with E-state index in [2.05, 4.69) is 5.32 Å². The predicted molar refractivity (Wildman–Crippen MR) is 91.7 cm³/mol. The summed E-state index contributed by atoms with van der Waals surface area (Å²) in [5.41, 5.74) is -0.503.